The van der Waals surface area contributed by atoms with Gasteiger partial charge in [-0.3, -0.25) is 9.79 Å². The van der Waals surface area contributed by atoms with Crippen LogP contribution in [-0.4, -0.2) is 43.4 Å². The van der Waals surface area contributed by atoms with Crippen LogP contribution in [0, 0.1) is 5.82 Å². The molecule has 0 aromatic heterocycles. The standard InChI is InChI=1S/C20H23FN4O.HI/c1-22-20(23-13-19(26)24-18-9-7-17(21)8-10-18)25-12-11-16(14-25)15-5-3-2-4-6-15;/h2-10,16H,11-14H2,1H3,(H,22,23)(H,24,26);1H. The van der Waals surface area contributed by atoms with E-state index < -0.39 is 0 Å². The van der Waals surface area contributed by atoms with Crippen molar-refractivity contribution in [1.29, 1.82) is 0 Å². The predicted octanol–water partition coefficient (Wildman–Crippen LogP) is 3.45. The molecule has 0 aliphatic carbocycles. The molecule has 1 fully saturated rings. The third-order valence-electron chi connectivity index (χ3n) is 4.51. The maximum Gasteiger partial charge on any atom is 0.243 e. The number of rotatable bonds is 4. The molecule has 1 aliphatic rings. The Morgan fingerprint density at radius 2 is 1.89 bits per heavy atom. The SMILES string of the molecule is CN=C(NCC(=O)Nc1ccc(F)cc1)N1CCC(c2ccccc2)C1.I. The number of hydrogen-bond donors (Lipinski definition) is 2. The summed E-state index contributed by atoms with van der Waals surface area (Å²) in [7, 11) is 1.72. The number of benzene rings is 2. The molecule has 1 heterocycles. The van der Waals surface area contributed by atoms with Crippen molar-refractivity contribution in [2.75, 3.05) is 32.0 Å². The van der Waals surface area contributed by atoms with Gasteiger partial charge in [-0.15, -0.1) is 24.0 Å². The van der Waals surface area contributed by atoms with E-state index >= 15 is 0 Å². The zero-order valence-electron chi connectivity index (χ0n) is 15.2. The highest BCUT2D eigenvalue weighted by molar-refractivity contribution is 14.0. The van der Waals surface area contributed by atoms with E-state index in [1.54, 1.807) is 7.05 Å². The van der Waals surface area contributed by atoms with Gasteiger partial charge in [0.15, 0.2) is 5.96 Å². The number of likely N-dealkylation sites (tertiary alicyclic amines) is 1. The molecule has 2 aromatic rings. The number of nitrogens with zero attached hydrogens (tertiary/aromatic N) is 2. The first kappa shape index (κ1) is 21.1. The van der Waals surface area contributed by atoms with Gasteiger partial charge < -0.3 is 15.5 Å². The number of carbonyl (C=O) groups excluding carboxylic acids is 1. The molecule has 144 valence electrons. The number of aliphatic imine (C=N–C) groups is 1. The van der Waals surface area contributed by atoms with E-state index in [4.69, 9.17) is 0 Å². The number of anilines is 1. The Morgan fingerprint density at radius 3 is 2.56 bits per heavy atom. The van der Waals surface area contributed by atoms with Crippen molar-refractivity contribution >= 4 is 41.5 Å². The van der Waals surface area contributed by atoms with E-state index in [1.807, 2.05) is 6.07 Å². The molecule has 2 aromatic carbocycles. The second-order valence-corrected chi connectivity index (χ2v) is 6.30. The Hall–Kier alpha value is -2.16. The summed E-state index contributed by atoms with van der Waals surface area (Å²) in [6.45, 7) is 1.89. The lowest BCUT2D eigenvalue weighted by molar-refractivity contribution is -0.115. The van der Waals surface area contributed by atoms with Gasteiger partial charge in [0.25, 0.3) is 0 Å². The lowest BCUT2D eigenvalue weighted by atomic mass is 9.99. The summed E-state index contributed by atoms with van der Waals surface area (Å²) < 4.78 is 12.9. The highest BCUT2D eigenvalue weighted by atomic mass is 127. The molecular weight excluding hydrogens is 458 g/mol. The summed E-state index contributed by atoms with van der Waals surface area (Å²) in [5, 5.41) is 5.84. The van der Waals surface area contributed by atoms with Gasteiger partial charge in [-0.1, -0.05) is 30.3 Å². The molecule has 1 atom stereocenters. The Bertz CT molecular complexity index is 767. The molecule has 1 unspecified atom stereocenters. The Morgan fingerprint density at radius 1 is 1.19 bits per heavy atom. The molecule has 27 heavy (non-hydrogen) atoms. The van der Waals surface area contributed by atoms with Crippen molar-refractivity contribution in [3.8, 4) is 0 Å². The zero-order chi connectivity index (χ0) is 18.4. The molecule has 0 bridgehead atoms. The van der Waals surface area contributed by atoms with Gasteiger partial charge in [-0.2, -0.15) is 0 Å². The Labute approximate surface area is 176 Å². The van der Waals surface area contributed by atoms with Crippen LogP contribution in [0.15, 0.2) is 59.6 Å². The van der Waals surface area contributed by atoms with E-state index in [1.165, 1.54) is 29.8 Å². The normalized spacial score (nSPS) is 16.6. The molecule has 0 saturated carbocycles. The molecule has 5 nitrogen and oxygen atoms in total. The number of carbonyl (C=O) groups is 1. The summed E-state index contributed by atoms with van der Waals surface area (Å²) in [6, 6.07) is 16.2. The van der Waals surface area contributed by atoms with Crippen LogP contribution in [0.25, 0.3) is 0 Å². The smallest absolute Gasteiger partial charge is 0.243 e. The van der Waals surface area contributed by atoms with Gasteiger partial charge >= 0.3 is 0 Å². The number of nitrogens with one attached hydrogen (secondary N) is 2. The number of amides is 1. The van der Waals surface area contributed by atoms with Gasteiger partial charge in [0, 0.05) is 31.7 Å². The Kier molecular flexibility index (Phi) is 8.02. The monoisotopic (exact) mass is 482 g/mol. The summed E-state index contributed by atoms with van der Waals surface area (Å²) in [5.74, 6) is 0.667. The maximum atomic E-state index is 12.9. The Balaban J connectivity index is 0.00000261. The average molecular weight is 482 g/mol. The average Bonchev–Trinajstić information content (AvgIpc) is 3.15. The first-order chi connectivity index (χ1) is 12.7. The number of guanidine groups is 1. The van der Waals surface area contributed by atoms with Crippen molar-refractivity contribution in [1.82, 2.24) is 10.2 Å². The molecule has 0 spiro atoms. The second kappa shape index (κ2) is 10.2. The molecule has 7 heteroatoms. The summed E-state index contributed by atoms with van der Waals surface area (Å²) >= 11 is 0. The van der Waals surface area contributed by atoms with Crippen molar-refractivity contribution in [3.05, 3.63) is 66.0 Å². The summed E-state index contributed by atoms with van der Waals surface area (Å²) in [6.07, 6.45) is 1.06. The number of halogens is 2. The van der Waals surface area contributed by atoms with Crippen LogP contribution in [0.4, 0.5) is 10.1 Å². The first-order valence-electron chi connectivity index (χ1n) is 8.71. The highest BCUT2D eigenvalue weighted by Crippen LogP contribution is 2.26. The van der Waals surface area contributed by atoms with Crippen molar-refractivity contribution in [3.63, 3.8) is 0 Å². The maximum absolute atomic E-state index is 12.9. The van der Waals surface area contributed by atoms with Crippen LogP contribution < -0.4 is 10.6 Å². The van der Waals surface area contributed by atoms with E-state index in [-0.39, 0.29) is 42.2 Å². The lowest BCUT2D eigenvalue weighted by Gasteiger charge is -2.21. The third-order valence-corrected chi connectivity index (χ3v) is 4.51. The third kappa shape index (κ3) is 5.92. The van der Waals surface area contributed by atoms with Crippen molar-refractivity contribution in [2.24, 2.45) is 4.99 Å². The molecule has 0 radical (unpaired) electrons. The van der Waals surface area contributed by atoms with Gasteiger partial charge in [0.05, 0.1) is 6.54 Å². The first-order valence-corrected chi connectivity index (χ1v) is 8.71. The molecule has 1 saturated heterocycles. The van der Waals surface area contributed by atoms with E-state index in [0.717, 1.165) is 25.5 Å². The lowest BCUT2D eigenvalue weighted by Crippen LogP contribution is -2.43. The fourth-order valence-corrected chi connectivity index (χ4v) is 3.18. The highest BCUT2D eigenvalue weighted by Gasteiger charge is 2.26. The minimum Gasteiger partial charge on any atom is -0.347 e. The summed E-state index contributed by atoms with van der Waals surface area (Å²) in [4.78, 5) is 18.5. The summed E-state index contributed by atoms with van der Waals surface area (Å²) in [5.41, 5.74) is 1.90. The van der Waals surface area contributed by atoms with Crippen LogP contribution in [0.3, 0.4) is 0 Å². The van der Waals surface area contributed by atoms with E-state index in [0.29, 0.717) is 11.6 Å². The van der Waals surface area contributed by atoms with Gasteiger partial charge in [-0.25, -0.2) is 4.39 Å². The molecule has 3 rings (SSSR count). The molecule has 1 amide bonds. The topological polar surface area (TPSA) is 56.7 Å². The van der Waals surface area contributed by atoms with E-state index in [9.17, 15) is 9.18 Å². The quantitative estimate of drug-likeness (QED) is 0.399. The zero-order valence-corrected chi connectivity index (χ0v) is 17.5. The van der Waals surface area contributed by atoms with Gasteiger partial charge in [0.2, 0.25) is 5.91 Å². The van der Waals surface area contributed by atoms with Crippen molar-refractivity contribution < 1.29 is 9.18 Å². The minimum atomic E-state index is -0.330. The van der Waals surface area contributed by atoms with Gasteiger partial charge in [-0.05, 0) is 36.2 Å². The largest absolute Gasteiger partial charge is 0.347 e. The fourth-order valence-electron chi connectivity index (χ4n) is 3.18. The molecule has 1 aliphatic heterocycles. The molecular formula is C20H24FIN4O. The number of hydrogen-bond acceptors (Lipinski definition) is 2. The van der Waals surface area contributed by atoms with Crippen LogP contribution in [-0.2, 0) is 4.79 Å². The van der Waals surface area contributed by atoms with Crippen LogP contribution >= 0.6 is 24.0 Å². The van der Waals surface area contributed by atoms with Crippen LogP contribution in [0.5, 0.6) is 0 Å². The molecule has 2 N–H and O–H groups in total. The van der Waals surface area contributed by atoms with Crippen LogP contribution in [0.1, 0.15) is 17.9 Å². The minimum absolute atomic E-state index is 0. The van der Waals surface area contributed by atoms with E-state index in [2.05, 4.69) is 44.8 Å². The van der Waals surface area contributed by atoms with Crippen molar-refractivity contribution in [2.45, 2.75) is 12.3 Å². The van der Waals surface area contributed by atoms with Gasteiger partial charge in [0.1, 0.15) is 5.82 Å². The second-order valence-electron chi connectivity index (χ2n) is 6.30. The fraction of sp³-hybridized carbons (Fsp3) is 0.300. The van der Waals surface area contributed by atoms with Crippen LogP contribution in [0.2, 0.25) is 0 Å². The predicted molar refractivity (Wildman–Crippen MR) is 117 cm³/mol.